The van der Waals surface area contributed by atoms with Crippen molar-refractivity contribution in [2.75, 3.05) is 24.5 Å². The van der Waals surface area contributed by atoms with E-state index < -0.39 is 0 Å². The van der Waals surface area contributed by atoms with Gasteiger partial charge in [0.25, 0.3) is 5.56 Å². The van der Waals surface area contributed by atoms with Crippen molar-refractivity contribution >= 4 is 5.95 Å². The quantitative estimate of drug-likeness (QED) is 0.632. The van der Waals surface area contributed by atoms with Crippen molar-refractivity contribution in [3.05, 3.63) is 76.8 Å². The van der Waals surface area contributed by atoms with Crippen LogP contribution in [0.2, 0.25) is 0 Å². The van der Waals surface area contributed by atoms with Gasteiger partial charge in [0, 0.05) is 63.3 Å². The number of hydrogen-bond donors (Lipinski definition) is 0. The first-order valence-corrected chi connectivity index (χ1v) is 10.7. The summed E-state index contributed by atoms with van der Waals surface area (Å²) < 4.78 is 1.67. The van der Waals surface area contributed by atoms with Gasteiger partial charge in [-0.1, -0.05) is 30.3 Å². The molecule has 0 saturated carbocycles. The van der Waals surface area contributed by atoms with Crippen LogP contribution in [0.15, 0.2) is 65.7 Å². The summed E-state index contributed by atoms with van der Waals surface area (Å²) in [7, 11) is 1.81. The molecule has 1 fully saturated rings. The molecule has 1 saturated heterocycles. The van der Waals surface area contributed by atoms with Gasteiger partial charge < -0.3 is 4.90 Å². The Balaban J connectivity index is 1.52. The Labute approximate surface area is 177 Å². The number of pyridine rings is 1. The second-order valence-electron chi connectivity index (χ2n) is 7.85. The largest absolute Gasteiger partial charge is 0.339 e. The summed E-state index contributed by atoms with van der Waals surface area (Å²) in [4.78, 5) is 26.4. The molecule has 1 aliphatic rings. The van der Waals surface area contributed by atoms with Crippen LogP contribution in [0.1, 0.15) is 25.3 Å². The molecular formula is C24H29N5O. The molecule has 6 nitrogen and oxygen atoms in total. The Morgan fingerprint density at radius 2 is 1.77 bits per heavy atom. The highest BCUT2D eigenvalue weighted by Crippen LogP contribution is 2.24. The van der Waals surface area contributed by atoms with Crippen molar-refractivity contribution in [2.45, 2.75) is 32.4 Å². The van der Waals surface area contributed by atoms with Gasteiger partial charge in [-0.3, -0.25) is 19.2 Å². The molecule has 3 heterocycles. The normalized spacial score (nSPS) is 15.3. The smallest absolute Gasteiger partial charge is 0.255 e. The van der Waals surface area contributed by atoms with E-state index in [1.54, 1.807) is 23.0 Å². The maximum atomic E-state index is 12.7. The van der Waals surface area contributed by atoms with Crippen LogP contribution in [-0.2, 0) is 13.6 Å². The van der Waals surface area contributed by atoms with Gasteiger partial charge in [-0.2, -0.15) is 0 Å². The molecule has 30 heavy (non-hydrogen) atoms. The van der Waals surface area contributed by atoms with Gasteiger partial charge in [0.15, 0.2) is 0 Å². The summed E-state index contributed by atoms with van der Waals surface area (Å²) in [5, 5.41) is 0. The van der Waals surface area contributed by atoms with E-state index in [9.17, 15) is 4.79 Å². The number of piperidine rings is 1. The molecule has 0 atom stereocenters. The van der Waals surface area contributed by atoms with Gasteiger partial charge in [-0.15, -0.1) is 0 Å². The fourth-order valence-corrected chi connectivity index (χ4v) is 4.25. The summed E-state index contributed by atoms with van der Waals surface area (Å²) in [6, 6.07) is 16.4. The number of anilines is 1. The minimum absolute atomic E-state index is 0.0354. The highest BCUT2D eigenvalue weighted by atomic mass is 16.1. The first-order chi connectivity index (χ1) is 14.7. The Morgan fingerprint density at radius 3 is 2.43 bits per heavy atom. The third-order valence-corrected chi connectivity index (χ3v) is 5.93. The van der Waals surface area contributed by atoms with Crippen molar-refractivity contribution < 1.29 is 0 Å². The maximum Gasteiger partial charge on any atom is 0.255 e. The van der Waals surface area contributed by atoms with Gasteiger partial charge in [-0.05, 0) is 37.5 Å². The zero-order valence-electron chi connectivity index (χ0n) is 17.7. The third kappa shape index (κ3) is 4.44. The van der Waals surface area contributed by atoms with Crippen LogP contribution in [0.25, 0.3) is 11.3 Å². The van der Waals surface area contributed by atoms with E-state index in [4.69, 9.17) is 4.98 Å². The van der Waals surface area contributed by atoms with Gasteiger partial charge in [0.2, 0.25) is 5.95 Å². The molecule has 0 N–H and O–H groups in total. The number of rotatable bonds is 6. The fourth-order valence-electron chi connectivity index (χ4n) is 4.25. The average molecular weight is 404 g/mol. The van der Waals surface area contributed by atoms with Crippen LogP contribution >= 0.6 is 0 Å². The minimum atomic E-state index is -0.0354. The molecule has 6 heteroatoms. The molecule has 2 aromatic heterocycles. The predicted molar refractivity (Wildman–Crippen MR) is 120 cm³/mol. The van der Waals surface area contributed by atoms with Crippen molar-refractivity contribution in [3.8, 4) is 11.3 Å². The van der Waals surface area contributed by atoms with Crippen LogP contribution in [0.5, 0.6) is 0 Å². The maximum absolute atomic E-state index is 12.7. The van der Waals surface area contributed by atoms with E-state index in [1.165, 1.54) is 5.56 Å². The fraction of sp³-hybridized carbons (Fsp3) is 0.375. The molecule has 3 aromatic rings. The lowest BCUT2D eigenvalue weighted by molar-refractivity contribution is 0.201. The van der Waals surface area contributed by atoms with Crippen LogP contribution in [0.3, 0.4) is 0 Å². The van der Waals surface area contributed by atoms with E-state index in [1.807, 2.05) is 19.2 Å². The summed E-state index contributed by atoms with van der Waals surface area (Å²) in [5.41, 5.74) is 2.94. The highest BCUT2D eigenvalue weighted by Gasteiger charge is 2.26. The van der Waals surface area contributed by atoms with Crippen LogP contribution in [-0.4, -0.2) is 45.1 Å². The van der Waals surface area contributed by atoms with Gasteiger partial charge >= 0.3 is 0 Å². The van der Waals surface area contributed by atoms with Gasteiger partial charge in [0.05, 0.1) is 5.69 Å². The SMILES string of the molecule is CCN(c1nc(-c2ccncc2)cc(=O)n1C)C1CCN(Cc2ccccc2)CC1. The van der Waals surface area contributed by atoms with E-state index in [-0.39, 0.29) is 5.56 Å². The molecule has 156 valence electrons. The van der Waals surface area contributed by atoms with Crippen molar-refractivity contribution in [1.82, 2.24) is 19.4 Å². The molecule has 0 radical (unpaired) electrons. The Bertz CT molecular complexity index is 1010. The molecule has 0 aliphatic carbocycles. The lowest BCUT2D eigenvalue weighted by atomic mass is 10.0. The molecule has 4 rings (SSSR count). The summed E-state index contributed by atoms with van der Waals surface area (Å²) in [6.07, 6.45) is 5.59. The molecular weight excluding hydrogens is 374 g/mol. The predicted octanol–water partition coefficient (Wildman–Crippen LogP) is 3.33. The van der Waals surface area contributed by atoms with Crippen LogP contribution in [0.4, 0.5) is 5.95 Å². The van der Waals surface area contributed by atoms with Gasteiger partial charge in [-0.25, -0.2) is 4.98 Å². The molecule has 0 amide bonds. The standard InChI is InChI=1S/C24H29N5O/c1-3-29(21-11-15-28(16-12-21)18-19-7-5-4-6-8-19)24-26-22(17-23(30)27(24)2)20-9-13-25-14-10-20/h4-10,13-14,17,21H,3,11-12,15-16,18H2,1-2H3. The molecule has 1 aromatic carbocycles. The highest BCUT2D eigenvalue weighted by molar-refractivity contribution is 5.59. The number of nitrogens with zero attached hydrogens (tertiary/aromatic N) is 5. The van der Waals surface area contributed by atoms with E-state index in [0.717, 1.165) is 50.5 Å². The zero-order valence-corrected chi connectivity index (χ0v) is 17.7. The molecule has 0 spiro atoms. The lowest BCUT2D eigenvalue weighted by Crippen LogP contribution is -2.46. The number of aromatic nitrogens is 3. The van der Waals surface area contributed by atoms with Crippen molar-refractivity contribution in [3.63, 3.8) is 0 Å². The third-order valence-electron chi connectivity index (χ3n) is 5.93. The average Bonchev–Trinajstić information content (AvgIpc) is 2.79. The van der Waals surface area contributed by atoms with Crippen LogP contribution < -0.4 is 10.5 Å². The second kappa shape index (κ2) is 9.22. The molecule has 1 aliphatic heterocycles. The Kier molecular flexibility index (Phi) is 6.23. The number of likely N-dealkylation sites (tertiary alicyclic amines) is 1. The van der Waals surface area contributed by atoms with Crippen LogP contribution in [0, 0.1) is 0 Å². The van der Waals surface area contributed by atoms with Crippen molar-refractivity contribution in [2.24, 2.45) is 7.05 Å². The summed E-state index contributed by atoms with van der Waals surface area (Å²) in [5.74, 6) is 0.748. The molecule has 0 unspecified atom stereocenters. The van der Waals surface area contributed by atoms with E-state index in [0.29, 0.717) is 11.7 Å². The lowest BCUT2D eigenvalue weighted by Gasteiger charge is -2.39. The van der Waals surface area contributed by atoms with E-state index >= 15 is 0 Å². The second-order valence-corrected chi connectivity index (χ2v) is 7.85. The minimum Gasteiger partial charge on any atom is -0.339 e. The number of benzene rings is 1. The Morgan fingerprint density at radius 1 is 1.07 bits per heavy atom. The van der Waals surface area contributed by atoms with E-state index in [2.05, 4.69) is 52.0 Å². The summed E-state index contributed by atoms with van der Waals surface area (Å²) >= 11 is 0. The molecule has 0 bridgehead atoms. The summed E-state index contributed by atoms with van der Waals surface area (Å²) in [6.45, 7) is 6.06. The van der Waals surface area contributed by atoms with Crippen molar-refractivity contribution in [1.29, 1.82) is 0 Å². The zero-order chi connectivity index (χ0) is 20.9. The Hall–Kier alpha value is -2.99. The number of hydrogen-bond acceptors (Lipinski definition) is 5. The first kappa shape index (κ1) is 20.3. The topological polar surface area (TPSA) is 54.3 Å². The monoisotopic (exact) mass is 403 g/mol. The first-order valence-electron chi connectivity index (χ1n) is 10.7. The van der Waals surface area contributed by atoms with Gasteiger partial charge in [0.1, 0.15) is 0 Å².